The van der Waals surface area contributed by atoms with Crippen molar-refractivity contribution < 1.29 is 67.3 Å². The van der Waals surface area contributed by atoms with Crippen molar-refractivity contribution in [3.63, 3.8) is 0 Å². The number of hydrogen-bond acceptors (Lipinski definition) is 15. The van der Waals surface area contributed by atoms with Gasteiger partial charge in [0.05, 0.1) is 48.1 Å². The Bertz CT molecular complexity index is 1340. The highest BCUT2D eigenvalue weighted by atomic mass is 16.7. The van der Waals surface area contributed by atoms with Gasteiger partial charge in [0.15, 0.2) is 24.8 Å². The Balaban J connectivity index is 2.24. The molecule has 324 valence electrons. The number of Topliss-reactive ketones (excluding diaryl/α,β-unsaturated/α-hetero) is 1. The quantitative estimate of drug-likeness (QED) is 0.253. The van der Waals surface area contributed by atoms with E-state index in [0.717, 1.165) is 0 Å². The fourth-order valence-electron chi connectivity index (χ4n) is 9.04. The van der Waals surface area contributed by atoms with Gasteiger partial charge >= 0.3 is 17.9 Å². The number of aliphatic hydroxyl groups is 2. The Kier molecular flexibility index (Phi) is 16.9. The summed E-state index contributed by atoms with van der Waals surface area (Å²) in [6.45, 7) is 20.1. The first-order chi connectivity index (χ1) is 25.9. The van der Waals surface area contributed by atoms with Gasteiger partial charge in [-0.1, -0.05) is 34.6 Å². The zero-order chi connectivity index (χ0) is 42.6. The summed E-state index contributed by atoms with van der Waals surface area (Å²) >= 11 is 0. The first-order valence-electron chi connectivity index (χ1n) is 20.2. The standard InChI is InChI=1S/C41H71NO14/c1-16-30-22(4)33(46)23(5)32(45)20(2)18-41(12,49-15)36(56-39-35(52-27(9)43)29(42(13)14)17-21(3)50-39)24(6)34(25(7)38(47)54-30)55-31-19-40(11,48)37(26(8)51-31)53-28(10)44/h20-26,29-31,33-37,39,46,48H,16-19H2,1-15H3/t20-,21-,22+,23+,24+,25-,26+,29+,30?,31+,33+,34?,35-,36-,37+,39+,40-,41-/m1/s1. The molecule has 2 N–H and O–H groups in total. The molecule has 15 nitrogen and oxygen atoms in total. The molecule has 15 heteroatoms. The lowest BCUT2D eigenvalue weighted by Crippen LogP contribution is -2.61. The largest absolute Gasteiger partial charge is 0.462 e. The third-order valence-electron chi connectivity index (χ3n) is 12.3. The van der Waals surface area contributed by atoms with Gasteiger partial charge < -0.3 is 53.0 Å². The van der Waals surface area contributed by atoms with Crippen LogP contribution in [0.2, 0.25) is 0 Å². The van der Waals surface area contributed by atoms with Crippen molar-refractivity contribution in [3.8, 4) is 0 Å². The van der Waals surface area contributed by atoms with Crippen molar-refractivity contribution in [2.45, 2.75) is 187 Å². The molecule has 3 heterocycles. The number of methoxy groups -OCH3 is 1. The number of ketones is 1. The maximum absolute atomic E-state index is 14.3. The molecule has 0 amide bonds. The monoisotopic (exact) mass is 801 g/mol. The molecule has 0 radical (unpaired) electrons. The van der Waals surface area contributed by atoms with Crippen molar-refractivity contribution in [3.05, 3.63) is 0 Å². The average molecular weight is 802 g/mol. The predicted molar refractivity (Wildman–Crippen MR) is 204 cm³/mol. The SMILES string of the molecule is CCC1OC(=O)[C@H](C)C(O[C@H]2C[C@@](C)(O)[C@@H](OC(C)=O)[C@H](C)O2)[C@H](C)[C@@H](O[C@@H]2O[C@H](C)C[C@H](N(C)C)[C@H]2OC(C)=O)[C@](C)(OC)C[C@@H](C)C(=O)[C@H](C)[C@@H](O)[C@H]1C. The minimum atomic E-state index is -1.56. The number of nitrogens with zero attached hydrogens (tertiary/aromatic N) is 1. The van der Waals surface area contributed by atoms with Crippen LogP contribution in [0.3, 0.4) is 0 Å². The van der Waals surface area contributed by atoms with Gasteiger partial charge in [-0.3, -0.25) is 19.2 Å². The number of carbonyl (C=O) groups excluding carboxylic acids is 4. The normalized spacial score (nSPS) is 44.8. The molecule has 3 saturated heterocycles. The Morgan fingerprint density at radius 2 is 1.46 bits per heavy atom. The smallest absolute Gasteiger partial charge is 0.311 e. The van der Waals surface area contributed by atoms with Crippen LogP contribution < -0.4 is 0 Å². The lowest BCUT2D eigenvalue weighted by Gasteiger charge is -2.50. The van der Waals surface area contributed by atoms with E-state index in [9.17, 15) is 29.4 Å². The Morgan fingerprint density at radius 1 is 0.857 bits per heavy atom. The molecule has 3 rings (SSSR count). The van der Waals surface area contributed by atoms with Gasteiger partial charge in [0.1, 0.15) is 17.5 Å². The number of carbonyl (C=O) groups is 4. The molecule has 0 aromatic rings. The van der Waals surface area contributed by atoms with Crippen molar-refractivity contribution >= 4 is 23.7 Å². The molecule has 56 heavy (non-hydrogen) atoms. The Morgan fingerprint density at radius 3 is 1.98 bits per heavy atom. The second-order valence-electron chi connectivity index (χ2n) is 17.4. The number of hydrogen-bond donors (Lipinski definition) is 2. The van der Waals surface area contributed by atoms with Gasteiger partial charge in [-0.2, -0.15) is 0 Å². The van der Waals surface area contributed by atoms with Crippen LogP contribution in [0.1, 0.15) is 109 Å². The van der Waals surface area contributed by atoms with E-state index >= 15 is 0 Å². The lowest BCUT2D eigenvalue weighted by atomic mass is 9.74. The first-order valence-corrected chi connectivity index (χ1v) is 20.2. The zero-order valence-corrected chi connectivity index (χ0v) is 36.3. The molecular weight excluding hydrogens is 730 g/mol. The number of esters is 3. The summed E-state index contributed by atoms with van der Waals surface area (Å²) in [6, 6.07) is -0.281. The van der Waals surface area contributed by atoms with Crippen molar-refractivity contribution in [1.82, 2.24) is 4.90 Å². The summed E-state index contributed by atoms with van der Waals surface area (Å²) in [5, 5.41) is 23.0. The summed E-state index contributed by atoms with van der Waals surface area (Å²) in [7, 11) is 5.28. The van der Waals surface area contributed by atoms with Gasteiger partial charge in [0.2, 0.25) is 0 Å². The van der Waals surface area contributed by atoms with E-state index in [2.05, 4.69) is 0 Å². The summed E-state index contributed by atoms with van der Waals surface area (Å²) in [5.41, 5.74) is -2.83. The van der Waals surface area contributed by atoms with Crippen LogP contribution >= 0.6 is 0 Å². The average Bonchev–Trinajstić information content (AvgIpc) is 3.11. The van der Waals surface area contributed by atoms with E-state index in [0.29, 0.717) is 12.8 Å². The maximum Gasteiger partial charge on any atom is 0.311 e. The summed E-state index contributed by atoms with van der Waals surface area (Å²) in [4.78, 5) is 54.7. The molecule has 0 aliphatic carbocycles. The third-order valence-corrected chi connectivity index (χ3v) is 12.3. The van der Waals surface area contributed by atoms with Crippen LogP contribution in [0.15, 0.2) is 0 Å². The molecule has 3 aliphatic heterocycles. The third kappa shape index (κ3) is 11.3. The molecule has 0 saturated carbocycles. The lowest BCUT2D eigenvalue weighted by molar-refractivity contribution is -0.319. The van der Waals surface area contributed by atoms with E-state index in [1.54, 1.807) is 34.6 Å². The molecule has 3 fully saturated rings. The Labute approximate surface area is 333 Å². The topological polar surface area (TPSA) is 186 Å². The summed E-state index contributed by atoms with van der Waals surface area (Å²) in [6.07, 6.45) is -8.03. The van der Waals surface area contributed by atoms with Crippen LogP contribution in [0.4, 0.5) is 0 Å². The van der Waals surface area contributed by atoms with Crippen LogP contribution in [-0.4, -0.2) is 139 Å². The van der Waals surface area contributed by atoms with Crippen LogP contribution in [-0.2, 0) is 57.1 Å². The molecule has 0 bridgehead atoms. The molecule has 0 aromatic heterocycles. The van der Waals surface area contributed by atoms with Crippen molar-refractivity contribution in [2.75, 3.05) is 21.2 Å². The second-order valence-corrected chi connectivity index (χ2v) is 17.4. The van der Waals surface area contributed by atoms with E-state index < -0.39 is 114 Å². The van der Waals surface area contributed by atoms with Crippen molar-refractivity contribution in [2.24, 2.45) is 29.6 Å². The van der Waals surface area contributed by atoms with Gasteiger partial charge in [-0.05, 0) is 68.0 Å². The zero-order valence-electron chi connectivity index (χ0n) is 36.3. The van der Waals surface area contributed by atoms with Crippen molar-refractivity contribution in [1.29, 1.82) is 0 Å². The van der Waals surface area contributed by atoms with Crippen LogP contribution in [0.25, 0.3) is 0 Å². The van der Waals surface area contributed by atoms with Gasteiger partial charge in [0, 0.05) is 51.0 Å². The fraction of sp³-hybridized carbons (Fsp3) is 0.902. The second kappa shape index (κ2) is 19.7. The number of likely N-dealkylation sites (N-methyl/N-ethyl adjacent to an activating group) is 1. The number of cyclic esters (lactones) is 1. The van der Waals surface area contributed by atoms with E-state index in [4.69, 9.17) is 37.9 Å². The van der Waals surface area contributed by atoms with Gasteiger partial charge in [-0.25, -0.2) is 0 Å². The minimum absolute atomic E-state index is 0.111. The van der Waals surface area contributed by atoms with E-state index in [-0.39, 0.29) is 30.8 Å². The molecule has 18 atom stereocenters. The summed E-state index contributed by atoms with van der Waals surface area (Å²) in [5.74, 6) is -5.61. The highest BCUT2D eigenvalue weighted by Crippen LogP contribution is 2.41. The van der Waals surface area contributed by atoms with Crippen LogP contribution in [0.5, 0.6) is 0 Å². The highest BCUT2D eigenvalue weighted by Gasteiger charge is 2.53. The summed E-state index contributed by atoms with van der Waals surface area (Å²) < 4.78 is 50.1. The van der Waals surface area contributed by atoms with E-state index in [1.807, 2.05) is 46.7 Å². The first kappa shape index (κ1) is 48.1. The van der Waals surface area contributed by atoms with Gasteiger partial charge in [-0.15, -0.1) is 0 Å². The fourth-order valence-corrected chi connectivity index (χ4v) is 9.04. The minimum Gasteiger partial charge on any atom is -0.462 e. The maximum atomic E-state index is 14.3. The van der Waals surface area contributed by atoms with Crippen LogP contribution in [0, 0.1) is 29.6 Å². The van der Waals surface area contributed by atoms with Gasteiger partial charge in [0.25, 0.3) is 0 Å². The number of aliphatic hydroxyl groups excluding tert-OH is 1. The molecule has 0 spiro atoms. The number of ether oxygens (including phenoxy) is 8. The highest BCUT2D eigenvalue weighted by molar-refractivity contribution is 5.83. The number of rotatable bonds is 9. The van der Waals surface area contributed by atoms with E-state index in [1.165, 1.54) is 27.9 Å². The Hall–Kier alpha value is -2.24. The predicted octanol–water partition coefficient (Wildman–Crippen LogP) is 3.81. The molecule has 3 aliphatic rings. The molecular formula is C41H71NO14. The molecule has 2 unspecified atom stereocenters. The molecule has 0 aromatic carbocycles.